The Kier molecular flexibility index (Phi) is 6.14. The number of rotatable bonds is 5. The molecule has 200 valence electrons. The Hall–Kier alpha value is -4.91. The number of aryl methyl sites for hydroxylation is 4. The van der Waals surface area contributed by atoms with Gasteiger partial charge in [-0.05, 0) is 82.1 Å². The molecule has 0 unspecified atom stereocenters. The minimum absolute atomic E-state index is 0.275. The fourth-order valence-corrected chi connectivity index (χ4v) is 5.62. The van der Waals surface area contributed by atoms with E-state index in [4.69, 9.17) is 19.2 Å². The lowest BCUT2D eigenvalue weighted by molar-refractivity contribution is 0.419. The van der Waals surface area contributed by atoms with Crippen LogP contribution in [0.3, 0.4) is 0 Å². The van der Waals surface area contributed by atoms with Gasteiger partial charge in [-0.3, -0.25) is 4.79 Å². The van der Waals surface area contributed by atoms with E-state index in [-0.39, 0.29) is 5.56 Å². The third kappa shape index (κ3) is 4.11. The number of furan rings is 1. The predicted molar refractivity (Wildman–Crippen MR) is 160 cm³/mol. The van der Waals surface area contributed by atoms with Gasteiger partial charge in [0.15, 0.2) is 5.76 Å². The van der Waals surface area contributed by atoms with Crippen LogP contribution < -0.4 is 10.3 Å². The average molecular weight is 531 g/mol. The molecular formula is C33H30N4O3. The summed E-state index contributed by atoms with van der Waals surface area (Å²) in [6, 6.07) is 21.2. The van der Waals surface area contributed by atoms with Crippen LogP contribution in [0.4, 0.5) is 0 Å². The Labute approximate surface area is 232 Å². The van der Waals surface area contributed by atoms with Crippen molar-refractivity contribution in [3.05, 3.63) is 111 Å². The number of aromatic nitrogens is 3. The highest BCUT2D eigenvalue weighted by Gasteiger charge is 2.19. The van der Waals surface area contributed by atoms with Crippen LogP contribution in [0.25, 0.3) is 39.1 Å². The second-order valence-electron chi connectivity index (χ2n) is 10.2. The standard InChI is InChI=1S/C33H30N4O3/c1-19-14-20(2)31(21(3)15-19)36-22(4)16-24(23(36)5)18-34-37-32(35-27-11-8-7-10-25(27)33(37)38)30-17-26-28(39-6)12-9-13-29(26)40-30/h7-18H,1-6H3. The Morgan fingerprint density at radius 3 is 2.40 bits per heavy atom. The summed E-state index contributed by atoms with van der Waals surface area (Å²) in [5.74, 6) is 1.42. The number of hydrogen-bond acceptors (Lipinski definition) is 5. The molecule has 0 fully saturated rings. The molecule has 7 heteroatoms. The lowest BCUT2D eigenvalue weighted by atomic mass is 10.0. The maximum atomic E-state index is 13.7. The number of ether oxygens (including phenoxy) is 1. The van der Waals surface area contributed by atoms with Crippen LogP contribution in [0.2, 0.25) is 0 Å². The normalized spacial score (nSPS) is 11.8. The Balaban J connectivity index is 1.53. The molecule has 0 amide bonds. The van der Waals surface area contributed by atoms with Crippen LogP contribution in [-0.2, 0) is 0 Å². The van der Waals surface area contributed by atoms with Gasteiger partial charge in [0.1, 0.15) is 11.3 Å². The quantitative estimate of drug-likeness (QED) is 0.224. The molecule has 0 radical (unpaired) electrons. The first-order valence-electron chi connectivity index (χ1n) is 13.2. The number of fused-ring (bicyclic) bond motifs is 2. The summed E-state index contributed by atoms with van der Waals surface area (Å²) in [6.45, 7) is 10.5. The van der Waals surface area contributed by atoms with Gasteiger partial charge in [-0.15, -0.1) is 0 Å². The minimum atomic E-state index is -0.275. The number of methoxy groups -OCH3 is 1. The molecule has 0 N–H and O–H groups in total. The van der Waals surface area contributed by atoms with Crippen LogP contribution in [-0.4, -0.2) is 27.6 Å². The fourth-order valence-electron chi connectivity index (χ4n) is 5.62. The third-order valence-electron chi connectivity index (χ3n) is 7.36. The molecule has 0 aliphatic carbocycles. The van der Waals surface area contributed by atoms with Crippen molar-refractivity contribution in [3.8, 4) is 23.0 Å². The van der Waals surface area contributed by atoms with Gasteiger partial charge in [0.25, 0.3) is 5.56 Å². The van der Waals surface area contributed by atoms with Crippen molar-refractivity contribution in [2.45, 2.75) is 34.6 Å². The van der Waals surface area contributed by atoms with Gasteiger partial charge >= 0.3 is 0 Å². The van der Waals surface area contributed by atoms with Gasteiger partial charge in [0.05, 0.1) is 35.3 Å². The Bertz CT molecular complexity index is 2000. The molecule has 0 bridgehead atoms. The molecule has 3 heterocycles. The lowest BCUT2D eigenvalue weighted by Crippen LogP contribution is -2.20. The Morgan fingerprint density at radius 1 is 0.900 bits per heavy atom. The molecule has 6 rings (SSSR count). The van der Waals surface area contributed by atoms with Crippen molar-refractivity contribution in [2.75, 3.05) is 7.11 Å². The van der Waals surface area contributed by atoms with Gasteiger partial charge in [0, 0.05) is 17.0 Å². The van der Waals surface area contributed by atoms with E-state index in [2.05, 4.69) is 57.4 Å². The predicted octanol–water partition coefficient (Wildman–Crippen LogP) is 7.03. The summed E-state index contributed by atoms with van der Waals surface area (Å²) in [4.78, 5) is 18.5. The molecule has 7 nitrogen and oxygen atoms in total. The molecule has 40 heavy (non-hydrogen) atoms. The van der Waals surface area contributed by atoms with E-state index >= 15 is 0 Å². The van der Waals surface area contributed by atoms with E-state index in [0.29, 0.717) is 33.8 Å². The second kappa shape index (κ2) is 9.68. The van der Waals surface area contributed by atoms with Gasteiger partial charge in [-0.1, -0.05) is 35.9 Å². The highest BCUT2D eigenvalue weighted by molar-refractivity contribution is 5.89. The molecule has 0 spiro atoms. The maximum Gasteiger partial charge on any atom is 0.282 e. The molecule has 0 atom stereocenters. The topological polar surface area (TPSA) is 74.6 Å². The first kappa shape index (κ1) is 25.4. The highest BCUT2D eigenvalue weighted by Crippen LogP contribution is 2.33. The van der Waals surface area contributed by atoms with Crippen molar-refractivity contribution in [2.24, 2.45) is 5.10 Å². The summed E-state index contributed by atoms with van der Waals surface area (Å²) in [5, 5.41) is 5.97. The molecule has 3 aromatic heterocycles. The average Bonchev–Trinajstić information content (AvgIpc) is 3.48. The van der Waals surface area contributed by atoms with Crippen molar-refractivity contribution in [1.82, 2.24) is 14.2 Å². The van der Waals surface area contributed by atoms with Crippen LogP contribution >= 0.6 is 0 Å². The highest BCUT2D eigenvalue weighted by atomic mass is 16.5. The van der Waals surface area contributed by atoms with Gasteiger partial charge < -0.3 is 13.7 Å². The molecular weight excluding hydrogens is 500 g/mol. The lowest BCUT2D eigenvalue weighted by Gasteiger charge is -2.16. The van der Waals surface area contributed by atoms with E-state index in [0.717, 1.165) is 22.3 Å². The van der Waals surface area contributed by atoms with E-state index in [9.17, 15) is 4.79 Å². The summed E-state index contributed by atoms with van der Waals surface area (Å²) in [5.41, 5.74) is 8.79. The van der Waals surface area contributed by atoms with Crippen molar-refractivity contribution in [1.29, 1.82) is 0 Å². The second-order valence-corrected chi connectivity index (χ2v) is 10.2. The monoisotopic (exact) mass is 530 g/mol. The van der Waals surface area contributed by atoms with E-state index in [1.54, 1.807) is 19.4 Å². The molecule has 3 aromatic carbocycles. The zero-order valence-corrected chi connectivity index (χ0v) is 23.4. The van der Waals surface area contributed by atoms with Gasteiger partial charge in [-0.25, -0.2) is 4.98 Å². The SMILES string of the molecule is COc1cccc2oc(-c3nc4ccccc4c(=O)n3N=Cc3cc(C)n(-c4c(C)cc(C)cc4C)c3C)cc12. The van der Waals surface area contributed by atoms with Crippen molar-refractivity contribution < 1.29 is 9.15 Å². The van der Waals surface area contributed by atoms with Crippen molar-refractivity contribution >= 4 is 28.1 Å². The summed E-state index contributed by atoms with van der Waals surface area (Å²) in [7, 11) is 1.62. The van der Waals surface area contributed by atoms with Crippen molar-refractivity contribution in [3.63, 3.8) is 0 Å². The minimum Gasteiger partial charge on any atom is -0.496 e. The smallest absolute Gasteiger partial charge is 0.282 e. The Morgan fingerprint density at radius 2 is 1.65 bits per heavy atom. The van der Waals surface area contributed by atoms with E-state index < -0.39 is 0 Å². The number of benzene rings is 3. The maximum absolute atomic E-state index is 13.7. The summed E-state index contributed by atoms with van der Waals surface area (Å²) in [6.07, 6.45) is 1.72. The first-order valence-corrected chi connectivity index (χ1v) is 13.2. The van der Waals surface area contributed by atoms with Crippen LogP contribution in [0.5, 0.6) is 5.75 Å². The number of hydrogen-bond donors (Lipinski definition) is 0. The number of nitrogens with zero attached hydrogens (tertiary/aromatic N) is 4. The largest absolute Gasteiger partial charge is 0.496 e. The van der Waals surface area contributed by atoms with E-state index in [1.807, 2.05) is 42.5 Å². The first-order chi connectivity index (χ1) is 19.3. The van der Waals surface area contributed by atoms with E-state index in [1.165, 1.54) is 27.1 Å². The molecule has 0 saturated heterocycles. The summed E-state index contributed by atoms with van der Waals surface area (Å²) >= 11 is 0. The molecule has 0 aliphatic rings. The number of para-hydroxylation sites is 1. The molecule has 6 aromatic rings. The van der Waals surface area contributed by atoms with Gasteiger partial charge in [-0.2, -0.15) is 9.78 Å². The van der Waals surface area contributed by atoms with Crippen LogP contribution in [0.15, 0.2) is 81.0 Å². The van der Waals surface area contributed by atoms with Crippen LogP contribution in [0, 0.1) is 34.6 Å². The zero-order valence-electron chi connectivity index (χ0n) is 23.4. The van der Waals surface area contributed by atoms with Gasteiger partial charge in [0.2, 0.25) is 5.82 Å². The molecule has 0 saturated carbocycles. The van der Waals surface area contributed by atoms with Crippen LogP contribution in [0.1, 0.15) is 33.6 Å². The third-order valence-corrected chi connectivity index (χ3v) is 7.36. The fraction of sp³-hybridized carbons (Fsp3) is 0.182. The zero-order chi connectivity index (χ0) is 28.1. The summed E-state index contributed by atoms with van der Waals surface area (Å²) < 4.78 is 15.2. The molecule has 0 aliphatic heterocycles.